The third-order valence-electron chi connectivity index (χ3n) is 3.07. The molecule has 1 aromatic carbocycles. The molecule has 1 aliphatic heterocycles. The molecule has 1 aliphatic rings. The largest absolute Gasteiger partial charge is 0.269 e. The van der Waals surface area contributed by atoms with Crippen LogP contribution in [0.25, 0.3) is 0 Å². The molecule has 0 saturated carbocycles. The van der Waals surface area contributed by atoms with Gasteiger partial charge in [0.25, 0.3) is 11.8 Å². The van der Waals surface area contributed by atoms with Crippen molar-refractivity contribution in [1.82, 2.24) is 9.88 Å². The maximum atomic E-state index is 12.2. The highest BCUT2D eigenvalue weighted by molar-refractivity contribution is 9.10. The van der Waals surface area contributed by atoms with Crippen molar-refractivity contribution >= 4 is 39.3 Å². The number of imide groups is 1. The van der Waals surface area contributed by atoms with Gasteiger partial charge < -0.3 is 0 Å². The highest BCUT2D eigenvalue weighted by Crippen LogP contribution is 2.26. The van der Waals surface area contributed by atoms with Crippen LogP contribution < -0.4 is 0 Å². The van der Waals surface area contributed by atoms with E-state index in [2.05, 4.69) is 20.9 Å². The predicted octanol–water partition coefficient (Wildman–Crippen LogP) is 3.29. The minimum Gasteiger partial charge on any atom is -0.269 e. The first-order valence-corrected chi connectivity index (χ1v) is 7.01. The quantitative estimate of drug-likeness (QED) is 0.616. The standard InChI is InChI=1S/C14H8BrClN2O2/c15-10-5-6-12(16)17-11(10)7-18-13(19)8-3-1-2-4-9(8)14(18)20/h1-6H,7H2. The Labute approximate surface area is 128 Å². The van der Waals surface area contributed by atoms with E-state index in [1.165, 1.54) is 4.90 Å². The number of carbonyl (C=O) groups is 2. The molecule has 4 nitrogen and oxygen atoms in total. The van der Waals surface area contributed by atoms with Gasteiger partial charge in [-0.05, 0) is 40.2 Å². The first-order valence-electron chi connectivity index (χ1n) is 5.84. The number of amides is 2. The molecular formula is C14H8BrClN2O2. The average molecular weight is 352 g/mol. The monoisotopic (exact) mass is 350 g/mol. The number of halogens is 2. The Balaban J connectivity index is 1.96. The fourth-order valence-corrected chi connectivity index (χ4v) is 2.61. The molecule has 3 rings (SSSR count). The molecule has 2 aromatic rings. The summed E-state index contributed by atoms with van der Waals surface area (Å²) in [5.41, 5.74) is 1.40. The molecular weight excluding hydrogens is 344 g/mol. The summed E-state index contributed by atoms with van der Waals surface area (Å²) in [6.45, 7) is 0.0908. The zero-order valence-electron chi connectivity index (χ0n) is 10.1. The summed E-state index contributed by atoms with van der Waals surface area (Å²) in [5, 5.41) is 0.319. The second kappa shape index (κ2) is 5.00. The molecule has 0 N–H and O–H groups in total. The van der Waals surface area contributed by atoms with Crippen molar-refractivity contribution in [2.45, 2.75) is 6.54 Å². The Morgan fingerprint density at radius 2 is 1.65 bits per heavy atom. The van der Waals surface area contributed by atoms with Gasteiger partial charge in [0.1, 0.15) is 5.15 Å². The molecule has 0 spiro atoms. The van der Waals surface area contributed by atoms with E-state index in [1.807, 2.05) is 0 Å². The van der Waals surface area contributed by atoms with Crippen LogP contribution >= 0.6 is 27.5 Å². The smallest absolute Gasteiger partial charge is 0.261 e. The van der Waals surface area contributed by atoms with Crippen LogP contribution in [-0.2, 0) is 6.54 Å². The van der Waals surface area contributed by atoms with Crippen LogP contribution in [0.3, 0.4) is 0 Å². The van der Waals surface area contributed by atoms with E-state index in [9.17, 15) is 9.59 Å². The number of pyridine rings is 1. The van der Waals surface area contributed by atoms with Crippen LogP contribution in [0.15, 0.2) is 40.9 Å². The van der Waals surface area contributed by atoms with E-state index in [1.54, 1.807) is 36.4 Å². The van der Waals surface area contributed by atoms with E-state index in [0.29, 0.717) is 26.4 Å². The van der Waals surface area contributed by atoms with Crippen LogP contribution in [0.1, 0.15) is 26.4 Å². The minimum absolute atomic E-state index is 0.0908. The third-order valence-corrected chi connectivity index (χ3v) is 4.00. The van der Waals surface area contributed by atoms with Gasteiger partial charge in [0, 0.05) is 4.47 Å². The lowest BCUT2D eigenvalue weighted by Gasteiger charge is -2.14. The number of benzene rings is 1. The fraction of sp³-hybridized carbons (Fsp3) is 0.0714. The Bertz CT molecular complexity index is 698. The molecule has 0 aliphatic carbocycles. The van der Waals surface area contributed by atoms with Crippen LogP contribution in [-0.4, -0.2) is 21.7 Å². The summed E-state index contributed by atoms with van der Waals surface area (Å²) in [7, 11) is 0. The molecule has 0 radical (unpaired) electrons. The molecule has 2 heterocycles. The molecule has 0 bridgehead atoms. The Morgan fingerprint density at radius 3 is 2.25 bits per heavy atom. The average Bonchev–Trinajstić information content (AvgIpc) is 2.68. The molecule has 1 aromatic heterocycles. The van der Waals surface area contributed by atoms with Crippen molar-refractivity contribution in [2.24, 2.45) is 0 Å². The van der Waals surface area contributed by atoms with Gasteiger partial charge in [-0.2, -0.15) is 0 Å². The van der Waals surface area contributed by atoms with E-state index in [-0.39, 0.29) is 18.4 Å². The second-order valence-corrected chi connectivity index (χ2v) is 5.55. The van der Waals surface area contributed by atoms with Crippen molar-refractivity contribution in [2.75, 3.05) is 0 Å². The highest BCUT2D eigenvalue weighted by atomic mass is 79.9. The van der Waals surface area contributed by atoms with Gasteiger partial charge in [-0.25, -0.2) is 4.98 Å². The SMILES string of the molecule is O=C1c2ccccc2C(=O)N1Cc1nc(Cl)ccc1Br. The second-order valence-electron chi connectivity index (χ2n) is 4.30. The molecule has 0 unspecified atom stereocenters. The number of hydrogen-bond donors (Lipinski definition) is 0. The van der Waals surface area contributed by atoms with Crippen LogP contribution in [0.2, 0.25) is 5.15 Å². The number of aromatic nitrogens is 1. The summed E-state index contributed by atoms with van der Waals surface area (Å²) in [5.74, 6) is -0.612. The molecule has 6 heteroatoms. The minimum atomic E-state index is -0.306. The first kappa shape index (κ1) is 13.3. The fourth-order valence-electron chi connectivity index (χ4n) is 2.10. The van der Waals surface area contributed by atoms with Crippen LogP contribution in [0, 0.1) is 0 Å². The Hall–Kier alpha value is -1.72. The van der Waals surface area contributed by atoms with E-state index in [0.717, 1.165) is 0 Å². The van der Waals surface area contributed by atoms with E-state index < -0.39 is 0 Å². The highest BCUT2D eigenvalue weighted by Gasteiger charge is 2.35. The van der Waals surface area contributed by atoms with Gasteiger partial charge in [0.15, 0.2) is 0 Å². The van der Waals surface area contributed by atoms with Crippen molar-refractivity contribution in [3.05, 3.63) is 62.8 Å². The van der Waals surface area contributed by atoms with Gasteiger partial charge in [-0.1, -0.05) is 23.7 Å². The van der Waals surface area contributed by atoms with Crippen molar-refractivity contribution in [1.29, 1.82) is 0 Å². The number of rotatable bonds is 2. The lowest BCUT2D eigenvalue weighted by molar-refractivity contribution is 0.0640. The number of fused-ring (bicyclic) bond motifs is 1. The first-order chi connectivity index (χ1) is 9.58. The number of carbonyl (C=O) groups excluding carboxylic acids is 2. The van der Waals surface area contributed by atoms with Crippen molar-refractivity contribution < 1.29 is 9.59 Å². The van der Waals surface area contributed by atoms with Crippen molar-refractivity contribution in [3.63, 3.8) is 0 Å². The topological polar surface area (TPSA) is 50.3 Å². The molecule has 100 valence electrons. The maximum Gasteiger partial charge on any atom is 0.261 e. The third kappa shape index (κ3) is 2.13. The van der Waals surface area contributed by atoms with E-state index >= 15 is 0 Å². The molecule has 0 saturated heterocycles. The van der Waals surface area contributed by atoms with E-state index in [4.69, 9.17) is 11.6 Å². The van der Waals surface area contributed by atoms with Gasteiger partial charge in [-0.3, -0.25) is 14.5 Å². The van der Waals surface area contributed by atoms with Gasteiger partial charge in [0.2, 0.25) is 0 Å². The maximum absolute atomic E-state index is 12.2. The Morgan fingerprint density at radius 1 is 1.05 bits per heavy atom. The molecule has 0 atom stereocenters. The van der Waals surface area contributed by atoms with Gasteiger partial charge in [-0.15, -0.1) is 0 Å². The molecule has 0 fully saturated rings. The lowest BCUT2D eigenvalue weighted by atomic mass is 10.1. The molecule has 20 heavy (non-hydrogen) atoms. The predicted molar refractivity (Wildman–Crippen MR) is 77.6 cm³/mol. The molecule has 2 amide bonds. The number of nitrogens with zero attached hydrogens (tertiary/aromatic N) is 2. The normalized spacial score (nSPS) is 13.8. The number of hydrogen-bond acceptors (Lipinski definition) is 3. The summed E-state index contributed by atoms with van der Waals surface area (Å²) in [6.07, 6.45) is 0. The Kier molecular flexibility index (Phi) is 3.31. The summed E-state index contributed by atoms with van der Waals surface area (Å²) in [4.78, 5) is 29.8. The van der Waals surface area contributed by atoms with Crippen LogP contribution in [0.4, 0.5) is 0 Å². The summed E-state index contributed by atoms with van der Waals surface area (Å²) in [6, 6.07) is 10.1. The van der Waals surface area contributed by atoms with Gasteiger partial charge in [0.05, 0.1) is 23.4 Å². The zero-order chi connectivity index (χ0) is 14.3. The lowest BCUT2D eigenvalue weighted by Crippen LogP contribution is -2.29. The van der Waals surface area contributed by atoms with Gasteiger partial charge >= 0.3 is 0 Å². The summed E-state index contributed by atoms with van der Waals surface area (Å²) < 4.78 is 0.707. The summed E-state index contributed by atoms with van der Waals surface area (Å²) >= 11 is 9.19. The van der Waals surface area contributed by atoms with Crippen molar-refractivity contribution in [3.8, 4) is 0 Å². The van der Waals surface area contributed by atoms with Crippen LogP contribution in [0.5, 0.6) is 0 Å². The zero-order valence-corrected chi connectivity index (χ0v) is 12.5.